The molecule has 0 unspecified atom stereocenters. The van der Waals surface area contributed by atoms with E-state index in [1.165, 1.54) is 0 Å². The van der Waals surface area contributed by atoms with Gasteiger partial charge < -0.3 is 4.57 Å². The van der Waals surface area contributed by atoms with Crippen molar-refractivity contribution in [1.82, 2.24) is 24.7 Å². The van der Waals surface area contributed by atoms with E-state index in [0.717, 1.165) is 27.9 Å². The standard InChI is InChI=1S/C15H14ClN5S/c1-10-7-18-13(8-17-10)9-22-15-20-19-14(21(15)2)11-3-5-12(16)6-4-11/h3-8H,9H2,1-2H3. The number of rotatable bonds is 4. The number of benzene rings is 1. The molecule has 22 heavy (non-hydrogen) atoms. The van der Waals surface area contributed by atoms with Crippen LogP contribution in [0.15, 0.2) is 41.8 Å². The van der Waals surface area contributed by atoms with Gasteiger partial charge in [-0.05, 0) is 31.2 Å². The van der Waals surface area contributed by atoms with Crippen molar-refractivity contribution in [3.8, 4) is 11.4 Å². The zero-order chi connectivity index (χ0) is 15.5. The number of hydrogen-bond acceptors (Lipinski definition) is 5. The fourth-order valence-corrected chi connectivity index (χ4v) is 2.85. The van der Waals surface area contributed by atoms with Crippen molar-refractivity contribution in [3.05, 3.63) is 53.1 Å². The van der Waals surface area contributed by atoms with E-state index >= 15 is 0 Å². The maximum Gasteiger partial charge on any atom is 0.191 e. The molecular formula is C15H14ClN5S. The Kier molecular flexibility index (Phi) is 4.40. The highest BCUT2D eigenvalue weighted by molar-refractivity contribution is 7.98. The lowest BCUT2D eigenvalue weighted by molar-refractivity contribution is 0.793. The van der Waals surface area contributed by atoms with Gasteiger partial charge in [-0.15, -0.1) is 10.2 Å². The Morgan fingerprint density at radius 3 is 2.55 bits per heavy atom. The summed E-state index contributed by atoms with van der Waals surface area (Å²) in [5.74, 6) is 1.52. The molecule has 112 valence electrons. The second-order valence-electron chi connectivity index (χ2n) is 4.81. The van der Waals surface area contributed by atoms with Crippen LogP contribution < -0.4 is 0 Å². The molecule has 0 N–H and O–H groups in total. The highest BCUT2D eigenvalue weighted by Gasteiger charge is 2.11. The SMILES string of the molecule is Cc1cnc(CSc2nnc(-c3ccc(Cl)cc3)n2C)cn1. The maximum atomic E-state index is 5.91. The first-order valence-corrected chi connectivity index (χ1v) is 8.05. The molecule has 0 atom stereocenters. The number of aryl methyl sites for hydroxylation is 1. The summed E-state index contributed by atoms with van der Waals surface area (Å²) in [7, 11) is 1.95. The van der Waals surface area contributed by atoms with E-state index in [9.17, 15) is 0 Å². The molecule has 1 aromatic carbocycles. The molecule has 2 heterocycles. The molecule has 0 saturated heterocycles. The average Bonchev–Trinajstić information content (AvgIpc) is 2.89. The van der Waals surface area contributed by atoms with Gasteiger partial charge in [0.25, 0.3) is 0 Å². The van der Waals surface area contributed by atoms with Crippen molar-refractivity contribution < 1.29 is 0 Å². The monoisotopic (exact) mass is 331 g/mol. The third-order valence-electron chi connectivity index (χ3n) is 3.12. The van der Waals surface area contributed by atoms with Crippen LogP contribution in [0.1, 0.15) is 11.4 Å². The van der Waals surface area contributed by atoms with Crippen LogP contribution in [0, 0.1) is 6.92 Å². The minimum absolute atomic E-state index is 0.707. The second kappa shape index (κ2) is 6.46. The highest BCUT2D eigenvalue weighted by atomic mass is 35.5. The van der Waals surface area contributed by atoms with Gasteiger partial charge in [0.15, 0.2) is 11.0 Å². The number of halogens is 1. The van der Waals surface area contributed by atoms with E-state index in [4.69, 9.17) is 11.6 Å². The smallest absolute Gasteiger partial charge is 0.191 e. The lowest BCUT2D eigenvalue weighted by Gasteiger charge is -2.04. The molecule has 0 bridgehead atoms. The van der Waals surface area contributed by atoms with Gasteiger partial charge in [-0.2, -0.15) is 0 Å². The van der Waals surface area contributed by atoms with E-state index in [0.29, 0.717) is 10.8 Å². The summed E-state index contributed by atoms with van der Waals surface area (Å²) in [5.41, 5.74) is 2.82. The lowest BCUT2D eigenvalue weighted by atomic mass is 10.2. The van der Waals surface area contributed by atoms with E-state index in [1.54, 1.807) is 24.2 Å². The van der Waals surface area contributed by atoms with Gasteiger partial charge in [0.05, 0.1) is 11.4 Å². The third kappa shape index (κ3) is 3.28. The fraction of sp³-hybridized carbons (Fsp3) is 0.200. The first kappa shape index (κ1) is 15.0. The van der Waals surface area contributed by atoms with Gasteiger partial charge in [0, 0.05) is 35.8 Å². The Morgan fingerprint density at radius 2 is 1.86 bits per heavy atom. The Hall–Kier alpha value is -1.92. The zero-order valence-electron chi connectivity index (χ0n) is 12.2. The van der Waals surface area contributed by atoms with Crippen molar-refractivity contribution in [3.63, 3.8) is 0 Å². The molecule has 0 fully saturated rings. The summed E-state index contributed by atoms with van der Waals surface area (Å²) in [4.78, 5) is 8.59. The topological polar surface area (TPSA) is 56.5 Å². The Labute approximate surface area is 137 Å². The van der Waals surface area contributed by atoms with Gasteiger partial charge in [0.1, 0.15) is 0 Å². The van der Waals surface area contributed by atoms with Gasteiger partial charge >= 0.3 is 0 Å². The molecule has 0 aliphatic carbocycles. The minimum atomic E-state index is 0.707. The van der Waals surface area contributed by atoms with Crippen molar-refractivity contribution in [1.29, 1.82) is 0 Å². The molecule has 0 amide bonds. The molecule has 0 radical (unpaired) electrons. The quantitative estimate of drug-likeness (QED) is 0.684. The molecule has 3 aromatic rings. The second-order valence-corrected chi connectivity index (χ2v) is 6.19. The van der Waals surface area contributed by atoms with Crippen molar-refractivity contribution in [2.75, 3.05) is 0 Å². The summed E-state index contributed by atoms with van der Waals surface area (Å²) in [5, 5.41) is 10.0. The van der Waals surface area contributed by atoms with Crippen LogP contribution in [0.2, 0.25) is 5.02 Å². The summed E-state index contributed by atoms with van der Waals surface area (Å²) in [6.07, 6.45) is 3.56. The van der Waals surface area contributed by atoms with Crippen LogP contribution in [-0.4, -0.2) is 24.7 Å². The van der Waals surface area contributed by atoms with Crippen molar-refractivity contribution >= 4 is 23.4 Å². The van der Waals surface area contributed by atoms with Gasteiger partial charge in [-0.1, -0.05) is 23.4 Å². The minimum Gasteiger partial charge on any atom is -0.305 e. The van der Waals surface area contributed by atoms with Gasteiger partial charge in [-0.25, -0.2) is 0 Å². The van der Waals surface area contributed by atoms with Crippen LogP contribution in [-0.2, 0) is 12.8 Å². The van der Waals surface area contributed by atoms with E-state index in [-0.39, 0.29) is 0 Å². The zero-order valence-corrected chi connectivity index (χ0v) is 13.8. The maximum absolute atomic E-state index is 5.91. The molecule has 0 spiro atoms. The van der Waals surface area contributed by atoms with Crippen LogP contribution >= 0.6 is 23.4 Å². The third-order valence-corrected chi connectivity index (χ3v) is 4.43. The number of nitrogens with zero attached hydrogens (tertiary/aromatic N) is 5. The summed E-state index contributed by atoms with van der Waals surface area (Å²) in [6, 6.07) is 7.57. The van der Waals surface area contributed by atoms with Gasteiger partial charge in [-0.3, -0.25) is 9.97 Å². The molecule has 0 aliphatic rings. The molecule has 3 rings (SSSR count). The Morgan fingerprint density at radius 1 is 1.09 bits per heavy atom. The molecule has 7 heteroatoms. The van der Waals surface area contributed by atoms with Gasteiger partial charge in [0.2, 0.25) is 0 Å². The average molecular weight is 332 g/mol. The van der Waals surface area contributed by atoms with E-state index in [1.807, 2.05) is 42.8 Å². The highest BCUT2D eigenvalue weighted by Crippen LogP contribution is 2.25. The number of hydrogen-bond donors (Lipinski definition) is 0. The lowest BCUT2D eigenvalue weighted by Crippen LogP contribution is -1.96. The predicted molar refractivity (Wildman–Crippen MR) is 87.8 cm³/mol. The van der Waals surface area contributed by atoms with Crippen LogP contribution in [0.4, 0.5) is 0 Å². The van der Waals surface area contributed by atoms with Crippen LogP contribution in [0.5, 0.6) is 0 Å². The van der Waals surface area contributed by atoms with Crippen molar-refractivity contribution in [2.45, 2.75) is 17.8 Å². The van der Waals surface area contributed by atoms with Crippen LogP contribution in [0.25, 0.3) is 11.4 Å². The van der Waals surface area contributed by atoms with Crippen molar-refractivity contribution in [2.24, 2.45) is 7.05 Å². The number of thioether (sulfide) groups is 1. The summed E-state index contributed by atoms with van der Waals surface area (Å²) in [6.45, 7) is 1.92. The predicted octanol–water partition coefficient (Wildman–Crippen LogP) is 3.53. The molecule has 0 saturated carbocycles. The fourth-order valence-electron chi connectivity index (χ4n) is 1.92. The first-order chi connectivity index (χ1) is 10.6. The molecular weight excluding hydrogens is 318 g/mol. The largest absolute Gasteiger partial charge is 0.305 e. The molecule has 0 aliphatic heterocycles. The van der Waals surface area contributed by atoms with E-state index in [2.05, 4.69) is 20.2 Å². The van der Waals surface area contributed by atoms with E-state index < -0.39 is 0 Å². The number of aromatic nitrogens is 5. The van der Waals surface area contributed by atoms with Crippen LogP contribution in [0.3, 0.4) is 0 Å². The Balaban J connectivity index is 1.75. The summed E-state index contributed by atoms with van der Waals surface area (Å²) < 4.78 is 1.97. The normalized spacial score (nSPS) is 10.9. The summed E-state index contributed by atoms with van der Waals surface area (Å²) >= 11 is 7.50. The molecule has 2 aromatic heterocycles. The first-order valence-electron chi connectivity index (χ1n) is 6.69. The Bertz CT molecular complexity index is 768. The molecule has 5 nitrogen and oxygen atoms in total.